The molecule has 1 heterocycles. The molecule has 0 saturated heterocycles. The van der Waals surface area contributed by atoms with Crippen LogP contribution in [0.2, 0.25) is 0 Å². The zero-order valence-electron chi connectivity index (χ0n) is 15.2. The van der Waals surface area contributed by atoms with Gasteiger partial charge < -0.3 is 4.57 Å². The van der Waals surface area contributed by atoms with Crippen LogP contribution in [-0.4, -0.2) is 21.1 Å². The molecule has 28 heavy (non-hydrogen) atoms. The zero-order valence-corrected chi connectivity index (χ0v) is 15.2. The van der Waals surface area contributed by atoms with E-state index in [0.717, 1.165) is 11.1 Å². The minimum atomic E-state index is -0.235. The maximum Gasteiger partial charge on any atom is 0.221 e. The van der Waals surface area contributed by atoms with Crippen molar-refractivity contribution in [3.05, 3.63) is 108 Å². The molecule has 1 aromatic heterocycles. The lowest BCUT2D eigenvalue weighted by molar-refractivity contribution is 0.0969. The van der Waals surface area contributed by atoms with Crippen molar-refractivity contribution in [1.29, 1.82) is 0 Å². The summed E-state index contributed by atoms with van der Waals surface area (Å²) in [6.07, 6.45) is 3.26. The Morgan fingerprint density at radius 2 is 1.46 bits per heavy atom. The van der Waals surface area contributed by atoms with Gasteiger partial charge in [0.2, 0.25) is 5.78 Å². The van der Waals surface area contributed by atoms with E-state index in [4.69, 9.17) is 0 Å². The first-order valence-corrected chi connectivity index (χ1v) is 9.03. The molecule has 0 aliphatic rings. The second-order valence-corrected chi connectivity index (χ2v) is 6.41. The molecule has 0 fully saturated rings. The molecule has 0 N–H and O–H groups in total. The third-order valence-corrected chi connectivity index (χ3v) is 4.50. The molecule has 0 amide bonds. The second kappa shape index (κ2) is 7.84. The average Bonchev–Trinajstić information content (AvgIpc) is 3.12. The van der Waals surface area contributed by atoms with Crippen molar-refractivity contribution in [2.45, 2.75) is 6.54 Å². The molecule has 0 aliphatic heterocycles. The molecule has 4 aromatic rings. The van der Waals surface area contributed by atoms with Crippen LogP contribution in [0.1, 0.15) is 26.5 Å². The van der Waals surface area contributed by atoms with Gasteiger partial charge in [-0.1, -0.05) is 78.9 Å². The standard InChI is InChI=1S/C24H18N2O2/c27-22(16-15-18-9-3-1-4-10-18)24-25-20-13-7-8-14-21(20)26(24)17-23(28)19-11-5-2-6-12-19/h1-16H,17H2/b16-15+. The van der Waals surface area contributed by atoms with Gasteiger partial charge in [0.1, 0.15) is 0 Å². The number of hydrogen-bond donors (Lipinski definition) is 0. The van der Waals surface area contributed by atoms with Gasteiger partial charge in [-0.25, -0.2) is 4.98 Å². The molecule has 0 aliphatic carbocycles. The number of benzene rings is 3. The Labute approximate surface area is 162 Å². The smallest absolute Gasteiger partial charge is 0.221 e. The van der Waals surface area contributed by atoms with Crippen molar-refractivity contribution < 1.29 is 9.59 Å². The largest absolute Gasteiger partial charge is 0.313 e. The zero-order chi connectivity index (χ0) is 19.3. The molecule has 0 bridgehead atoms. The summed E-state index contributed by atoms with van der Waals surface area (Å²) >= 11 is 0. The van der Waals surface area contributed by atoms with Gasteiger partial charge >= 0.3 is 0 Å². The van der Waals surface area contributed by atoms with Crippen molar-refractivity contribution in [2.75, 3.05) is 0 Å². The van der Waals surface area contributed by atoms with Gasteiger partial charge in [-0.3, -0.25) is 9.59 Å². The lowest BCUT2D eigenvalue weighted by Gasteiger charge is -2.07. The number of imidazole rings is 1. The maximum absolute atomic E-state index is 12.8. The molecule has 3 aromatic carbocycles. The number of para-hydroxylation sites is 2. The van der Waals surface area contributed by atoms with Crippen LogP contribution in [0.4, 0.5) is 0 Å². The predicted octanol–water partition coefficient (Wildman–Crippen LogP) is 4.82. The highest BCUT2D eigenvalue weighted by Crippen LogP contribution is 2.18. The summed E-state index contributed by atoms with van der Waals surface area (Å²) in [5.41, 5.74) is 3.00. The third kappa shape index (κ3) is 3.67. The molecule has 0 saturated carbocycles. The Bertz CT molecular complexity index is 1160. The molecule has 4 nitrogen and oxygen atoms in total. The Balaban J connectivity index is 1.70. The summed E-state index contributed by atoms with van der Waals surface area (Å²) in [7, 11) is 0. The van der Waals surface area contributed by atoms with Gasteiger partial charge in [0.05, 0.1) is 17.6 Å². The summed E-state index contributed by atoms with van der Waals surface area (Å²) in [5.74, 6) is -0.0385. The minimum Gasteiger partial charge on any atom is -0.313 e. The number of carbonyl (C=O) groups excluding carboxylic acids is 2. The fourth-order valence-electron chi connectivity index (χ4n) is 3.09. The molecule has 0 spiro atoms. The van der Waals surface area contributed by atoms with Crippen molar-refractivity contribution >= 4 is 28.7 Å². The van der Waals surface area contributed by atoms with Crippen LogP contribution in [0, 0.1) is 0 Å². The van der Waals surface area contributed by atoms with Crippen molar-refractivity contribution in [1.82, 2.24) is 9.55 Å². The highest BCUT2D eigenvalue weighted by atomic mass is 16.1. The number of fused-ring (bicyclic) bond motifs is 1. The summed E-state index contributed by atoms with van der Waals surface area (Å²) in [6, 6.07) is 26.1. The normalized spacial score (nSPS) is 11.1. The van der Waals surface area contributed by atoms with Crippen LogP contribution in [0.5, 0.6) is 0 Å². The van der Waals surface area contributed by atoms with Gasteiger partial charge in [-0.05, 0) is 23.8 Å². The topological polar surface area (TPSA) is 52.0 Å². The molecular formula is C24H18N2O2. The lowest BCUT2D eigenvalue weighted by Crippen LogP contribution is -2.15. The fourth-order valence-corrected chi connectivity index (χ4v) is 3.09. The quantitative estimate of drug-likeness (QED) is 0.363. The van der Waals surface area contributed by atoms with Crippen LogP contribution in [0.25, 0.3) is 17.1 Å². The monoisotopic (exact) mass is 366 g/mol. The van der Waals surface area contributed by atoms with E-state index in [1.54, 1.807) is 22.8 Å². The van der Waals surface area contributed by atoms with Crippen molar-refractivity contribution in [2.24, 2.45) is 0 Å². The Hall–Kier alpha value is -3.79. The number of carbonyl (C=O) groups is 2. The number of rotatable bonds is 6. The number of ketones is 2. The van der Waals surface area contributed by atoms with E-state index in [2.05, 4.69) is 4.98 Å². The average molecular weight is 366 g/mol. The van der Waals surface area contributed by atoms with E-state index >= 15 is 0 Å². The highest BCUT2D eigenvalue weighted by molar-refractivity contribution is 6.07. The summed E-state index contributed by atoms with van der Waals surface area (Å²) in [4.78, 5) is 30.1. The first kappa shape index (κ1) is 17.6. The summed E-state index contributed by atoms with van der Waals surface area (Å²) < 4.78 is 1.70. The Morgan fingerprint density at radius 1 is 0.821 bits per heavy atom. The van der Waals surface area contributed by atoms with E-state index in [1.165, 1.54) is 6.08 Å². The molecule has 136 valence electrons. The second-order valence-electron chi connectivity index (χ2n) is 6.41. The first-order chi connectivity index (χ1) is 13.7. The van der Waals surface area contributed by atoms with Gasteiger partial charge in [0.25, 0.3) is 0 Å². The maximum atomic E-state index is 12.8. The number of nitrogens with zero attached hydrogens (tertiary/aromatic N) is 2. The molecule has 0 unspecified atom stereocenters. The number of aromatic nitrogens is 2. The lowest BCUT2D eigenvalue weighted by atomic mass is 10.1. The molecule has 4 heteroatoms. The molecule has 0 radical (unpaired) electrons. The van der Waals surface area contributed by atoms with E-state index < -0.39 is 0 Å². The van der Waals surface area contributed by atoms with E-state index in [-0.39, 0.29) is 23.9 Å². The molecular weight excluding hydrogens is 348 g/mol. The highest BCUT2D eigenvalue weighted by Gasteiger charge is 2.18. The van der Waals surface area contributed by atoms with Gasteiger partial charge in [-0.15, -0.1) is 0 Å². The van der Waals surface area contributed by atoms with Crippen molar-refractivity contribution in [3.63, 3.8) is 0 Å². The van der Waals surface area contributed by atoms with Crippen LogP contribution in [0.15, 0.2) is 91.0 Å². The molecule has 0 atom stereocenters. The minimum absolute atomic E-state index is 0.0603. The van der Waals surface area contributed by atoms with Crippen LogP contribution in [-0.2, 0) is 6.54 Å². The van der Waals surface area contributed by atoms with E-state index in [1.807, 2.05) is 72.8 Å². The predicted molar refractivity (Wildman–Crippen MR) is 110 cm³/mol. The summed E-state index contributed by atoms with van der Waals surface area (Å²) in [5, 5.41) is 0. The van der Waals surface area contributed by atoms with Crippen LogP contribution < -0.4 is 0 Å². The van der Waals surface area contributed by atoms with Crippen LogP contribution >= 0.6 is 0 Å². The van der Waals surface area contributed by atoms with Gasteiger partial charge in [0.15, 0.2) is 11.6 Å². The SMILES string of the molecule is O=C(Cn1c(C(=O)/C=C/c2ccccc2)nc2ccccc21)c1ccccc1. The fraction of sp³-hybridized carbons (Fsp3) is 0.0417. The first-order valence-electron chi connectivity index (χ1n) is 9.03. The number of Topliss-reactive ketones (excluding diaryl/α,β-unsaturated/α-hetero) is 1. The molecule has 4 rings (SSSR count). The number of allylic oxidation sites excluding steroid dienone is 1. The number of hydrogen-bond acceptors (Lipinski definition) is 3. The van der Waals surface area contributed by atoms with E-state index in [9.17, 15) is 9.59 Å². The Kier molecular flexibility index (Phi) is 4.93. The van der Waals surface area contributed by atoms with Crippen LogP contribution in [0.3, 0.4) is 0 Å². The van der Waals surface area contributed by atoms with Gasteiger partial charge in [0, 0.05) is 5.56 Å². The third-order valence-electron chi connectivity index (χ3n) is 4.50. The van der Waals surface area contributed by atoms with Gasteiger partial charge in [-0.2, -0.15) is 0 Å². The van der Waals surface area contributed by atoms with E-state index in [0.29, 0.717) is 11.1 Å². The summed E-state index contributed by atoms with van der Waals surface area (Å²) in [6.45, 7) is 0.0603. The van der Waals surface area contributed by atoms with Crippen molar-refractivity contribution in [3.8, 4) is 0 Å². The Morgan fingerprint density at radius 3 is 2.21 bits per heavy atom.